The van der Waals surface area contributed by atoms with Gasteiger partial charge < -0.3 is 10.0 Å². The summed E-state index contributed by atoms with van der Waals surface area (Å²) in [5.41, 5.74) is 1.13. The Kier molecular flexibility index (Phi) is 4.01. The monoisotopic (exact) mass is 298 g/mol. The molecule has 2 rings (SSSR count). The molecule has 0 saturated carbocycles. The van der Waals surface area contributed by atoms with Gasteiger partial charge in [0.2, 0.25) is 10.0 Å². The smallest absolute Gasteiger partial charge is 0.257 e. The molecule has 7 heteroatoms. The molecular formula is C13H18N2O4S. The molecule has 0 atom stereocenters. The van der Waals surface area contributed by atoms with Gasteiger partial charge in [0, 0.05) is 26.2 Å². The molecule has 20 heavy (non-hydrogen) atoms. The molecular weight excluding hydrogens is 280 g/mol. The largest absolute Gasteiger partial charge is 0.507 e. The van der Waals surface area contributed by atoms with Crippen LogP contribution in [0.1, 0.15) is 15.9 Å². The Morgan fingerprint density at radius 1 is 1.20 bits per heavy atom. The highest BCUT2D eigenvalue weighted by molar-refractivity contribution is 7.88. The Bertz CT molecular complexity index is 619. The fourth-order valence-electron chi connectivity index (χ4n) is 2.22. The molecule has 1 saturated heterocycles. The van der Waals surface area contributed by atoms with Gasteiger partial charge in [0.15, 0.2) is 0 Å². The van der Waals surface area contributed by atoms with Gasteiger partial charge in [-0.05, 0) is 24.6 Å². The van der Waals surface area contributed by atoms with E-state index in [1.54, 1.807) is 23.1 Å². The summed E-state index contributed by atoms with van der Waals surface area (Å²) in [5.74, 6) is -0.309. The van der Waals surface area contributed by atoms with Gasteiger partial charge in [0.25, 0.3) is 5.91 Å². The molecule has 0 bridgehead atoms. The van der Waals surface area contributed by atoms with Crippen molar-refractivity contribution in [3.63, 3.8) is 0 Å². The lowest BCUT2D eigenvalue weighted by molar-refractivity contribution is 0.0695. The zero-order valence-corrected chi connectivity index (χ0v) is 12.4. The molecule has 110 valence electrons. The lowest BCUT2D eigenvalue weighted by Crippen LogP contribution is -2.50. The molecule has 1 amide bonds. The Morgan fingerprint density at radius 3 is 2.30 bits per heavy atom. The Balaban J connectivity index is 2.09. The van der Waals surface area contributed by atoms with Crippen molar-refractivity contribution in [3.8, 4) is 5.75 Å². The molecule has 1 aromatic rings. The van der Waals surface area contributed by atoms with E-state index in [0.717, 1.165) is 11.8 Å². The number of hydrogen-bond donors (Lipinski definition) is 1. The quantitative estimate of drug-likeness (QED) is 0.858. The molecule has 1 heterocycles. The molecule has 0 radical (unpaired) electrons. The second kappa shape index (κ2) is 5.41. The molecule has 0 spiro atoms. The van der Waals surface area contributed by atoms with Gasteiger partial charge in [-0.25, -0.2) is 8.42 Å². The topological polar surface area (TPSA) is 77.9 Å². The number of hydrogen-bond acceptors (Lipinski definition) is 4. The molecule has 0 aliphatic carbocycles. The van der Waals surface area contributed by atoms with Crippen LogP contribution in [0.15, 0.2) is 18.2 Å². The third-order valence-electron chi connectivity index (χ3n) is 3.38. The van der Waals surface area contributed by atoms with Gasteiger partial charge in [-0.15, -0.1) is 0 Å². The van der Waals surface area contributed by atoms with Crippen molar-refractivity contribution in [3.05, 3.63) is 29.3 Å². The van der Waals surface area contributed by atoms with Gasteiger partial charge in [0.05, 0.1) is 11.8 Å². The molecule has 0 aromatic heterocycles. The van der Waals surface area contributed by atoms with Crippen LogP contribution in [0.4, 0.5) is 0 Å². The first-order valence-corrected chi connectivity index (χ1v) is 8.18. The number of rotatable bonds is 2. The number of phenolic OH excluding ortho intramolecular Hbond substituents is 1. The first-order chi connectivity index (χ1) is 9.29. The molecule has 1 aromatic carbocycles. The number of sulfonamides is 1. The van der Waals surface area contributed by atoms with Crippen LogP contribution in [-0.2, 0) is 10.0 Å². The molecule has 6 nitrogen and oxygen atoms in total. The maximum absolute atomic E-state index is 12.3. The number of aromatic hydroxyl groups is 1. The second-order valence-corrected chi connectivity index (χ2v) is 6.96. The van der Waals surface area contributed by atoms with Crippen molar-refractivity contribution in [2.24, 2.45) is 0 Å². The third kappa shape index (κ3) is 3.10. The summed E-state index contributed by atoms with van der Waals surface area (Å²) in [7, 11) is -3.21. The van der Waals surface area contributed by atoms with E-state index in [1.165, 1.54) is 4.31 Å². The number of aryl methyl sites for hydroxylation is 1. The predicted molar refractivity (Wildman–Crippen MR) is 75.2 cm³/mol. The van der Waals surface area contributed by atoms with E-state index in [-0.39, 0.29) is 30.3 Å². The van der Waals surface area contributed by atoms with Crippen molar-refractivity contribution in [1.29, 1.82) is 0 Å². The number of carbonyl (C=O) groups excluding carboxylic acids is 1. The highest BCUT2D eigenvalue weighted by Crippen LogP contribution is 2.21. The first-order valence-electron chi connectivity index (χ1n) is 6.33. The van der Waals surface area contributed by atoms with E-state index < -0.39 is 10.0 Å². The van der Waals surface area contributed by atoms with Crippen molar-refractivity contribution in [2.45, 2.75) is 6.92 Å². The second-order valence-electron chi connectivity index (χ2n) is 4.97. The van der Waals surface area contributed by atoms with Crippen LogP contribution in [0.3, 0.4) is 0 Å². The van der Waals surface area contributed by atoms with Gasteiger partial charge in [-0.1, -0.05) is 6.07 Å². The summed E-state index contributed by atoms with van der Waals surface area (Å²) in [5, 5.41) is 9.82. The van der Waals surface area contributed by atoms with Crippen LogP contribution in [-0.4, -0.2) is 61.1 Å². The molecule has 1 aliphatic heterocycles. The van der Waals surface area contributed by atoms with E-state index in [2.05, 4.69) is 0 Å². The average Bonchev–Trinajstić information content (AvgIpc) is 2.37. The number of benzene rings is 1. The summed E-state index contributed by atoms with van der Waals surface area (Å²) in [6, 6.07) is 4.90. The SMILES string of the molecule is Cc1ccc(C(=O)N2CCN(S(C)(=O)=O)CC2)c(O)c1. The average molecular weight is 298 g/mol. The van der Waals surface area contributed by atoms with Crippen molar-refractivity contribution in [2.75, 3.05) is 32.4 Å². The summed E-state index contributed by atoms with van der Waals surface area (Å²) in [6.45, 7) is 3.08. The third-order valence-corrected chi connectivity index (χ3v) is 4.68. The van der Waals surface area contributed by atoms with Gasteiger partial charge in [-0.2, -0.15) is 4.31 Å². The normalized spacial score (nSPS) is 17.2. The summed E-state index contributed by atoms with van der Waals surface area (Å²) < 4.78 is 24.2. The lowest BCUT2D eigenvalue weighted by atomic mass is 10.1. The zero-order valence-electron chi connectivity index (χ0n) is 11.5. The number of amides is 1. The fourth-order valence-corrected chi connectivity index (χ4v) is 3.04. The number of carbonyl (C=O) groups is 1. The molecule has 1 fully saturated rings. The van der Waals surface area contributed by atoms with Crippen LogP contribution < -0.4 is 0 Å². The minimum Gasteiger partial charge on any atom is -0.507 e. The minimum absolute atomic E-state index is 0.0412. The van der Waals surface area contributed by atoms with Crippen LogP contribution in [0, 0.1) is 6.92 Å². The van der Waals surface area contributed by atoms with Crippen molar-refractivity contribution < 1.29 is 18.3 Å². The lowest BCUT2D eigenvalue weighted by Gasteiger charge is -2.33. The molecule has 1 aliphatic rings. The van der Waals surface area contributed by atoms with Crippen LogP contribution in [0.25, 0.3) is 0 Å². The van der Waals surface area contributed by atoms with E-state index in [4.69, 9.17) is 0 Å². The van der Waals surface area contributed by atoms with Crippen LogP contribution >= 0.6 is 0 Å². The highest BCUT2D eigenvalue weighted by Gasteiger charge is 2.27. The summed E-state index contributed by atoms with van der Waals surface area (Å²) in [4.78, 5) is 13.8. The first kappa shape index (κ1) is 14.8. The molecule has 1 N–H and O–H groups in total. The predicted octanol–water partition coefficient (Wildman–Crippen LogP) is 0.418. The summed E-state index contributed by atoms with van der Waals surface area (Å²) >= 11 is 0. The van der Waals surface area contributed by atoms with E-state index in [0.29, 0.717) is 13.1 Å². The van der Waals surface area contributed by atoms with Crippen LogP contribution in [0.2, 0.25) is 0 Å². The minimum atomic E-state index is -3.21. The highest BCUT2D eigenvalue weighted by atomic mass is 32.2. The van der Waals surface area contributed by atoms with Gasteiger partial charge in [0.1, 0.15) is 5.75 Å². The van der Waals surface area contributed by atoms with E-state index in [9.17, 15) is 18.3 Å². The summed E-state index contributed by atoms with van der Waals surface area (Å²) in [6.07, 6.45) is 1.16. The van der Waals surface area contributed by atoms with Crippen molar-refractivity contribution >= 4 is 15.9 Å². The van der Waals surface area contributed by atoms with Gasteiger partial charge >= 0.3 is 0 Å². The van der Waals surface area contributed by atoms with Gasteiger partial charge in [-0.3, -0.25) is 4.79 Å². The standard InChI is InChI=1S/C13H18N2O4S/c1-10-3-4-11(12(16)9-10)13(17)14-5-7-15(8-6-14)20(2,18)19/h3-4,9,16H,5-8H2,1-2H3. The van der Waals surface area contributed by atoms with E-state index in [1.807, 2.05) is 6.92 Å². The number of piperazine rings is 1. The van der Waals surface area contributed by atoms with Crippen LogP contribution in [0.5, 0.6) is 5.75 Å². The number of nitrogens with zero attached hydrogens (tertiary/aromatic N) is 2. The maximum atomic E-state index is 12.3. The Labute approximate surface area is 118 Å². The molecule has 0 unspecified atom stereocenters. The van der Waals surface area contributed by atoms with Crippen molar-refractivity contribution in [1.82, 2.24) is 9.21 Å². The Hall–Kier alpha value is -1.60. The van der Waals surface area contributed by atoms with E-state index >= 15 is 0 Å². The maximum Gasteiger partial charge on any atom is 0.257 e. The fraction of sp³-hybridized carbons (Fsp3) is 0.462. The zero-order chi connectivity index (χ0) is 14.9. The Morgan fingerprint density at radius 2 is 1.80 bits per heavy atom. The number of phenols is 1.